The van der Waals surface area contributed by atoms with Crippen molar-refractivity contribution in [2.75, 3.05) is 10.8 Å². The predicted molar refractivity (Wildman–Crippen MR) is 188 cm³/mol. The van der Waals surface area contributed by atoms with Gasteiger partial charge in [0.2, 0.25) is 11.8 Å². The number of amides is 2. The van der Waals surface area contributed by atoms with Crippen LogP contribution in [0.3, 0.4) is 0 Å². The molecule has 5 rings (SSSR count). The van der Waals surface area contributed by atoms with Gasteiger partial charge in [0, 0.05) is 24.0 Å². The van der Waals surface area contributed by atoms with Crippen LogP contribution in [0.5, 0.6) is 0 Å². The number of rotatable bonds is 12. The Morgan fingerprint density at radius 2 is 1.45 bits per heavy atom. The molecule has 1 aliphatic carbocycles. The summed E-state index contributed by atoms with van der Waals surface area (Å²) in [6.45, 7) is 3.46. The second-order valence-electron chi connectivity index (χ2n) is 12.3. The van der Waals surface area contributed by atoms with Crippen molar-refractivity contribution < 1.29 is 18.0 Å². The lowest BCUT2D eigenvalue weighted by molar-refractivity contribution is -0.140. The molecule has 1 fully saturated rings. The maximum Gasteiger partial charge on any atom is 0.264 e. The monoisotopic (exact) mass is 671 g/mol. The molecule has 1 N–H and O–H groups in total. The molecular formula is C38H42ClN3O4S. The van der Waals surface area contributed by atoms with E-state index in [9.17, 15) is 18.0 Å². The highest BCUT2D eigenvalue weighted by Crippen LogP contribution is 2.27. The lowest BCUT2D eigenvalue weighted by Gasteiger charge is -2.35. The molecule has 2 amide bonds. The van der Waals surface area contributed by atoms with Crippen molar-refractivity contribution in [3.63, 3.8) is 0 Å². The van der Waals surface area contributed by atoms with Crippen molar-refractivity contribution in [3.8, 4) is 0 Å². The zero-order chi connectivity index (χ0) is 33.4. The Balaban J connectivity index is 1.56. The normalized spacial score (nSPS) is 14.3. The van der Waals surface area contributed by atoms with Crippen LogP contribution in [0.25, 0.3) is 0 Å². The fourth-order valence-corrected chi connectivity index (χ4v) is 7.57. The lowest BCUT2D eigenvalue weighted by Crippen LogP contribution is -2.55. The standard InChI is InChI=1S/C38H42ClN3O4S/c1-28-18-23-34(24-29(28)2)42(47(45,46)35-16-10-5-11-17-35)27-37(43)41(26-31-19-21-32(39)22-20-31)36(25-30-12-6-3-7-13-30)38(44)40-33-14-8-4-9-15-33/h3,5-7,10-13,16-24,33,36H,4,8-9,14-15,25-27H2,1-2H3,(H,40,44). The molecule has 1 saturated carbocycles. The summed E-state index contributed by atoms with van der Waals surface area (Å²) in [6.07, 6.45) is 5.29. The maximum absolute atomic E-state index is 14.7. The number of aryl methyl sites for hydroxylation is 2. The lowest BCUT2D eigenvalue weighted by atomic mass is 9.94. The Bertz CT molecular complexity index is 1760. The van der Waals surface area contributed by atoms with Gasteiger partial charge in [-0.25, -0.2) is 8.42 Å². The SMILES string of the molecule is Cc1ccc(N(CC(=O)N(Cc2ccc(Cl)cc2)C(Cc2ccccc2)C(=O)NC2CCCCC2)S(=O)(=O)c2ccccc2)cc1C. The van der Waals surface area contributed by atoms with Crippen LogP contribution in [-0.2, 0) is 32.6 Å². The first-order chi connectivity index (χ1) is 22.6. The highest BCUT2D eigenvalue weighted by atomic mass is 35.5. The summed E-state index contributed by atoms with van der Waals surface area (Å²) in [4.78, 5) is 30.5. The number of benzene rings is 4. The van der Waals surface area contributed by atoms with Crippen LogP contribution in [0.1, 0.15) is 54.4 Å². The molecule has 0 heterocycles. The number of halogens is 1. The molecule has 4 aromatic rings. The van der Waals surface area contributed by atoms with Gasteiger partial charge >= 0.3 is 0 Å². The molecule has 1 atom stereocenters. The van der Waals surface area contributed by atoms with Crippen molar-refractivity contribution in [2.45, 2.75) is 75.9 Å². The Hall–Kier alpha value is -4.14. The Morgan fingerprint density at radius 3 is 2.09 bits per heavy atom. The number of nitrogens with zero attached hydrogens (tertiary/aromatic N) is 2. The van der Waals surface area contributed by atoms with E-state index in [0.29, 0.717) is 10.7 Å². The summed E-state index contributed by atoms with van der Waals surface area (Å²) in [6, 6.07) is 29.3. The smallest absolute Gasteiger partial charge is 0.264 e. The van der Waals surface area contributed by atoms with Gasteiger partial charge in [0.05, 0.1) is 10.6 Å². The molecule has 0 radical (unpaired) electrons. The molecular weight excluding hydrogens is 630 g/mol. The van der Waals surface area contributed by atoms with E-state index in [2.05, 4.69) is 5.32 Å². The molecule has 47 heavy (non-hydrogen) atoms. The van der Waals surface area contributed by atoms with Crippen molar-refractivity contribution in [1.82, 2.24) is 10.2 Å². The van der Waals surface area contributed by atoms with Crippen LogP contribution >= 0.6 is 11.6 Å². The van der Waals surface area contributed by atoms with Crippen molar-refractivity contribution in [2.24, 2.45) is 0 Å². The van der Waals surface area contributed by atoms with Crippen molar-refractivity contribution in [3.05, 3.63) is 130 Å². The summed E-state index contributed by atoms with van der Waals surface area (Å²) < 4.78 is 29.6. The zero-order valence-corrected chi connectivity index (χ0v) is 28.5. The number of hydrogen-bond acceptors (Lipinski definition) is 4. The summed E-state index contributed by atoms with van der Waals surface area (Å²) >= 11 is 6.19. The Labute approximate surface area is 283 Å². The van der Waals surface area contributed by atoms with Gasteiger partial charge in [-0.05, 0) is 85.3 Å². The first kappa shape index (κ1) is 34.2. The van der Waals surface area contributed by atoms with Gasteiger partial charge in [-0.2, -0.15) is 0 Å². The number of hydrogen-bond donors (Lipinski definition) is 1. The predicted octanol–water partition coefficient (Wildman–Crippen LogP) is 7.24. The van der Waals surface area contributed by atoms with E-state index >= 15 is 0 Å². The van der Waals surface area contributed by atoms with Gasteiger partial charge in [0.15, 0.2) is 0 Å². The molecule has 1 unspecified atom stereocenters. The summed E-state index contributed by atoms with van der Waals surface area (Å²) in [5.74, 6) is -0.732. The number of carbonyl (C=O) groups excluding carboxylic acids is 2. The molecule has 0 aromatic heterocycles. The number of sulfonamides is 1. The van der Waals surface area contributed by atoms with Gasteiger partial charge in [-0.15, -0.1) is 0 Å². The molecule has 0 saturated heterocycles. The van der Waals surface area contributed by atoms with Crippen molar-refractivity contribution in [1.29, 1.82) is 0 Å². The first-order valence-corrected chi connectivity index (χ1v) is 18.0. The molecule has 9 heteroatoms. The molecule has 1 aliphatic rings. The zero-order valence-electron chi connectivity index (χ0n) is 26.9. The van der Waals surface area contributed by atoms with Crippen LogP contribution in [0, 0.1) is 13.8 Å². The van der Waals surface area contributed by atoms with Crippen LogP contribution in [-0.4, -0.2) is 43.8 Å². The summed E-state index contributed by atoms with van der Waals surface area (Å²) in [5, 5.41) is 3.79. The van der Waals surface area contributed by atoms with E-state index in [1.54, 1.807) is 42.5 Å². The molecule has 246 valence electrons. The van der Waals surface area contributed by atoms with Gasteiger partial charge in [-0.1, -0.05) is 97.6 Å². The van der Waals surface area contributed by atoms with E-state index < -0.39 is 28.5 Å². The highest BCUT2D eigenvalue weighted by molar-refractivity contribution is 7.92. The Morgan fingerprint density at radius 1 is 0.809 bits per heavy atom. The maximum atomic E-state index is 14.7. The minimum Gasteiger partial charge on any atom is -0.352 e. The summed E-state index contributed by atoms with van der Waals surface area (Å²) in [5.41, 5.74) is 3.95. The van der Waals surface area contributed by atoms with Gasteiger partial charge in [0.1, 0.15) is 12.6 Å². The fourth-order valence-electron chi connectivity index (χ4n) is 6.01. The topological polar surface area (TPSA) is 86.8 Å². The van der Waals surface area contributed by atoms with E-state index in [1.807, 2.05) is 62.4 Å². The van der Waals surface area contributed by atoms with Gasteiger partial charge in [0.25, 0.3) is 10.0 Å². The van der Waals surface area contributed by atoms with E-state index in [1.165, 1.54) is 17.0 Å². The van der Waals surface area contributed by atoms with E-state index in [4.69, 9.17) is 11.6 Å². The first-order valence-electron chi connectivity index (χ1n) is 16.1. The van der Waals surface area contributed by atoms with Gasteiger partial charge < -0.3 is 10.2 Å². The summed E-state index contributed by atoms with van der Waals surface area (Å²) in [7, 11) is -4.15. The second kappa shape index (κ2) is 15.6. The molecule has 7 nitrogen and oxygen atoms in total. The molecule has 4 aromatic carbocycles. The minimum absolute atomic E-state index is 0.0347. The Kier molecular flexibility index (Phi) is 11.4. The van der Waals surface area contributed by atoms with Crippen LogP contribution in [0.15, 0.2) is 108 Å². The van der Waals surface area contributed by atoms with Crippen LogP contribution in [0.4, 0.5) is 5.69 Å². The van der Waals surface area contributed by atoms with Crippen molar-refractivity contribution >= 4 is 39.1 Å². The number of nitrogens with one attached hydrogen (secondary N) is 1. The quantitative estimate of drug-likeness (QED) is 0.172. The number of carbonyl (C=O) groups is 2. The van der Waals surface area contributed by atoms with E-state index in [-0.39, 0.29) is 29.8 Å². The van der Waals surface area contributed by atoms with Crippen LogP contribution in [0.2, 0.25) is 5.02 Å². The third-order valence-electron chi connectivity index (χ3n) is 8.88. The highest BCUT2D eigenvalue weighted by Gasteiger charge is 2.35. The van der Waals surface area contributed by atoms with Crippen LogP contribution < -0.4 is 9.62 Å². The molecule has 0 aliphatic heterocycles. The average Bonchev–Trinajstić information content (AvgIpc) is 3.08. The largest absolute Gasteiger partial charge is 0.352 e. The third kappa shape index (κ3) is 8.82. The minimum atomic E-state index is -4.15. The molecule has 0 bridgehead atoms. The fraction of sp³-hybridized carbons (Fsp3) is 0.316. The average molecular weight is 672 g/mol. The van der Waals surface area contributed by atoms with Gasteiger partial charge in [-0.3, -0.25) is 13.9 Å². The number of anilines is 1. The van der Waals surface area contributed by atoms with E-state index in [0.717, 1.165) is 58.7 Å². The molecule has 0 spiro atoms. The third-order valence-corrected chi connectivity index (χ3v) is 10.9. The second-order valence-corrected chi connectivity index (χ2v) is 14.6.